The lowest BCUT2D eigenvalue weighted by molar-refractivity contribution is 0.742. The van der Waals surface area contributed by atoms with E-state index < -0.39 is 0 Å². The molecule has 0 aliphatic rings. The van der Waals surface area contributed by atoms with Crippen LogP contribution in [-0.4, -0.2) is 23.1 Å². The summed E-state index contributed by atoms with van der Waals surface area (Å²) in [7, 11) is 0. The van der Waals surface area contributed by atoms with E-state index in [4.69, 9.17) is 0 Å². The molecule has 0 aromatic carbocycles. The van der Waals surface area contributed by atoms with Crippen LogP contribution in [0, 0.1) is 0 Å². The van der Waals surface area contributed by atoms with Crippen molar-refractivity contribution in [1.29, 1.82) is 0 Å². The Morgan fingerprint density at radius 3 is 2.24 bits per heavy atom. The minimum absolute atomic E-state index is 0.861. The number of anilines is 2. The highest BCUT2D eigenvalue weighted by Crippen LogP contribution is 2.26. The van der Waals surface area contributed by atoms with Gasteiger partial charge in [-0.15, -0.1) is 0 Å². The molecule has 0 amide bonds. The molecule has 0 radical (unpaired) electrons. The molecule has 5 heteroatoms. The summed E-state index contributed by atoms with van der Waals surface area (Å²) in [4.78, 5) is 8.45. The van der Waals surface area contributed by atoms with E-state index >= 15 is 0 Å². The van der Waals surface area contributed by atoms with E-state index in [-0.39, 0.29) is 0 Å². The Morgan fingerprint density at radius 1 is 1.00 bits per heavy atom. The number of halogens is 1. The summed E-state index contributed by atoms with van der Waals surface area (Å²) in [5.41, 5.74) is 0. The molecule has 1 aromatic heterocycles. The SMILES string of the molecule is CCCCCNc1ncnc(NCCC)c1Br. The normalized spacial score (nSPS) is 10.3. The lowest BCUT2D eigenvalue weighted by Gasteiger charge is -2.11. The van der Waals surface area contributed by atoms with Crippen LogP contribution in [0.2, 0.25) is 0 Å². The zero-order valence-electron chi connectivity index (χ0n) is 10.6. The first-order chi connectivity index (χ1) is 8.29. The van der Waals surface area contributed by atoms with Gasteiger partial charge in [0.1, 0.15) is 22.4 Å². The van der Waals surface area contributed by atoms with E-state index in [1.807, 2.05) is 0 Å². The van der Waals surface area contributed by atoms with Gasteiger partial charge in [0.15, 0.2) is 0 Å². The van der Waals surface area contributed by atoms with Crippen LogP contribution in [0.25, 0.3) is 0 Å². The first kappa shape index (κ1) is 14.2. The second kappa shape index (κ2) is 8.28. The Balaban J connectivity index is 2.53. The van der Waals surface area contributed by atoms with Crippen LogP contribution in [0.1, 0.15) is 39.5 Å². The van der Waals surface area contributed by atoms with Crippen molar-refractivity contribution in [2.24, 2.45) is 0 Å². The fourth-order valence-corrected chi connectivity index (χ4v) is 1.93. The maximum atomic E-state index is 4.24. The van der Waals surface area contributed by atoms with E-state index in [0.717, 1.165) is 35.6 Å². The second-order valence-corrected chi connectivity index (χ2v) is 4.74. The zero-order valence-corrected chi connectivity index (χ0v) is 12.2. The molecule has 1 rings (SSSR count). The molecule has 1 aromatic rings. The Kier molecular flexibility index (Phi) is 6.93. The van der Waals surface area contributed by atoms with Gasteiger partial charge < -0.3 is 10.6 Å². The Bertz CT molecular complexity index is 330. The summed E-state index contributed by atoms with van der Waals surface area (Å²) in [5, 5.41) is 6.59. The summed E-state index contributed by atoms with van der Waals surface area (Å²) >= 11 is 3.53. The van der Waals surface area contributed by atoms with Gasteiger partial charge in [-0.3, -0.25) is 0 Å². The van der Waals surface area contributed by atoms with Crippen molar-refractivity contribution in [2.75, 3.05) is 23.7 Å². The van der Waals surface area contributed by atoms with E-state index in [1.165, 1.54) is 19.3 Å². The van der Waals surface area contributed by atoms with Gasteiger partial charge in [-0.25, -0.2) is 9.97 Å². The summed E-state index contributed by atoms with van der Waals surface area (Å²) in [6, 6.07) is 0. The molecule has 17 heavy (non-hydrogen) atoms. The van der Waals surface area contributed by atoms with E-state index in [1.54, 1.807) is 6.33 Å². The van der Waals surface area contributed by atoms with Gasteiger partial charge >= 0.3 is 0 Å². The number of rotatable bonds is 8. The monoisotopic (exact) mass is 300 g/mol. The fourth-order valence-electron chi connectivity index (χ4n) is 1.44. The minimum atomic E-state index is 0.861. The van der Waals surface area contributed by atoms with Gasteiger partial charge in [0.25, 0.3) is 0 Å². The maximum absolute atomic E-state index is 4.24. The predicted octanol–water partition coefficient (Wildman–Crippen LogP) is 3.66. The number of hydrogen-bond donors (Lipinski definition) is 2. The molecule has 0 unspecified atom stereocenters. The number of hydrogen-bond acceptors (Lipinski definition) is 4. The zero-order chi connectivity index (χ0) is 12.5. The first-order valence-corrected chi connectivity index (χ1v) is 7.07. The molecule has 96 valence electrons. The molecule has 0 atom stereocenters. The molecule has 4 nitrogen and oxygen atoms in total. The van der Waals surface area contributed by atoms with Crippen molar-refractivity contribution in [2.45, 2.75) is 39.5 Å². The van der Waals surface area contributed by atoms with Crippen LogP contribution in [0.4, 0.5) is 11.6 Å². The molecule has 0 fully saturated rings. The Morgan fingerprint density at radius 2 is 1.65 bits per heavy atom. The maximum Gasteiger partial charge on any atom is 0.145 e. The van der Waals surface area contributed by atoms with Gasteiger partial charge in [-0.2, -0.15) is 0 Å². The van der Waals surface area contributed by atoms with Crippen LogP contribution >= 0.6 is 15.9 Å². The summed E-state index contributed by atoms with van der Waals surface area (Å²) < 4.78 is 0.921. The molecule has 0 aliphatic carbocycles. The van der Waals surface area contributed by atoms with Gasteiger partial charge in [0.05, 0.1) is 0 Å². The molecule has 1 heterocycles. The van der Waals surface area contributed by atoms with E-state index in [0.29, 0.717) is 0 Å². The second-order valence-electron chi connectivity index (χ2n) is 3.95. The third-order valence-corrected chi connectivity index (χ3v) is 3.16. The minimum Gasteiger partial charge on any atom is -0.369 e. The lowest BCUT2D eigenvalue weighted by atomic mass is 10.2. The molecule has 0 spiro atoms. The third-order valence-electron chi connectivity index (χ3n) is 2.40. The van der Waals surface area contributed by atoms with E-state index in [2.05, 4.69) is 50.4 Å². The standard InChI is InChI=1S/C12H21BrN4/c1-3-5-6-8-15-12-10(13)11(14-7-4-2)16-9-17-12/h9H,3-8H2,1-2H3,(H2,14,15,16,17). The molecular weight excluding hydrogens is 280 g/mol. The van der Waals surface area contributed by atoms with Crippen LogP contribution in [-0.2, 0) is 0 Å². The van der Waals surface area contributed by atoms with Crippen LogP contribution in [0.5, 0.6) is 0 Å². The number of unbranched alkanes of at least 4 members (excludes halogenated alkanes) is 2. The average Bonchev–Trinajstić information content (AvgIpc) is 2.35. The molecule has 0 aliphatic heterocycles. The Labute approximate surface area is 112 Å². The summed E-state index contributed by atoms with van der Waals surface area (Å²) in [6.45, 7) is 6.21. The van der Waals surface area contributed by atoms with Gasteiger partial charge in [-0.05, 0) is 28.8 Å². The molecular formula is C12H21BrN4. The van der Waals surface area contributed by atoms with Crippen LogP contribution < -0.4 is 10.6 Å². The lowest BCUT2D eigenvalue weighted by Crippen LogP contribution is -2.08. The van der Waals surface area contributed by atoms with Crippen LogP contribution in [0.15, 0.2) is 10.8 Å². The Hall–Kier alpha value is -0.840. The molecule has 2 N–H and O–H groups in total. The fraction of sp³-hybridized carbons (Fsp3) is 0.667. The van der Waals surface area contributed by atoms with Crippen molar-refractivity contribution in [3.63, 3.8) is 0 Å². The van der Waals surface area contributed by atoms with Gasteiger partial charge in [0.2, 0.25) is 0 Å². The summed E-state index contributed by atoms with van der Waals surface area (Å²) in [5.74, 6) is 1.73. The quantitative estimate of drug-likeness (QED) is 0.719. The van der Waals surface area contributed by atoms with Crippen LogP contribution in [0.3, 0.4) is 0 Å². The third kappa shape index (κ3) is 4.89. The number of nitrogens with one attached hydrogen (secondary N) is 2. The van der Waals surface area contributed by atoms with Gasteiger partial charge in [0, 0.05) is 13.1 Å². The largest absolute Gasteiger partial charge is 0.369 e. The van der Waals surface area contributed by atoms with Crippen molar-refractivity contribution < 1.29 is 0 Å². The highest BCUT2D eigenvalue weighted by molar-refractivity contribution is 9.10. The first-order valence-electron chi connectivity index (χ1n) is 6.27. The van der Waals surface area contributed by atoms with Crippen molar-refractivity contribution in [3.8, 4) is 0 Å². The van der Waals surface area contributed by atoms with Crippen molar-refractivity contribution in [1.82, 2.24) is 9.97 Å². The predicted molar refractivity (Wildman–Crippen MR) is 76.5 cm³/mol. The molecule has 0 saturated heterocycles. The molecule has 0 saturated carbocycles. The number of nitrogens with zero attached hydrogens (tertiary/aromatic N) is 2. The highest BCUT2D eigenvalue weighted by atomic mass is 79.9. The number of aromatic nitrogens is 2. The molecule has 0 bridgehead atoms. The van der Waals surface area contributed by atoms with Crippen molar-refractivity contribution >= 4 is 27.6 Å². The van der Waals surface area contributed by atoms with E-state index in [9.17, 15) is 0 Å². The summed E-state index contributed by atoms with van der Waals surface area (Å²) in [6.07, 6.45) is 6.32. The average molecular weight is 301 g/mol. The van der Waals surface area contributed by atoms with Gasteiger partial charge in [-0.1, -0.05) is 26.7 Å². The van der Waals surface area contributed by atoms with Crippen molar-refractivity contribution in [3.05, 3.63) is 10.8 Å². The smallest absolute Gasteiger partial charge is 0.145 e. The highest BCUT2D eigenvalue weighted by Gasteiger charge is 2.07. The topological polar surface area (TPSA) is 49.8 Å².